The van der Waals surface area contributed by atoms with Crippen LogP contribution in [0.5, 0.6) is 0 Å². The third kappa shape index (κ3) is 9.54. The Bertz CT molecular complexity index is 8.00. The van der Waals surface area contributed by atoms with Crippen LogP contribution < -0.4 is 0 Å². The van der Waals surface area contributed by atoms with Gasteiger partial charge in [-0.25, -0.2) is 0 Å². The molecule has 0 aliphatic heterocycles. The molecule has 0 atom stereocenters. The van der Waals surface area contributed by atoms with E-state index in [1.54, 1.807) is 0 Å². The molecule has 0 aromatic heterocycles. The summed E-state index contributed by atoms with van der Waals surface area (Å²) in [5, 5.41) is 0. The van der Waals surface area contributed by atoms with Crippen LogP contribution >= 0.6 is 0 Å². The van der Waals surface area contributed by atoms with Crippen molar-refractivity contribution in [2.24, 2.45) is 0 Å². The van der Waals surface area contributed by atoms with Gasteiger partial charge in [-0.3, -0.25) is 0 Å². The zero-order valence-corrected chi connectivity index (χ0v) is 8.51. The first-order valence-corrected chi connectivity index (χ1v) is 0. The van der Waals surface area contributed by atoms with Crippen molar-refractivity contribution in [3.8, 4) is 0 Å². The van der Waals surface area contributed by atoms with Crippen molar-refractivity contribution in [1.82, 2.24) is 0 Å². The number of rotatable bonds is 0. The van der Waals surface area contributed by atoms with E-state index in [-0.39, 0.29) is 129 Å². The number of hydrogen-bond donors (Lipinski definition) is 0. The molecular weight excluding hydrogens is 432 g/mol. The van der Waals surface area contributed by atoms with E-state index in [0.717, 1.165) is 0 Å². The fourth-order valence-corrected chi connectivity index (χ4v) is 0. The minimum absolute atomic E-state index is 0. The Labute approximate surface area is 125 Å². The van der Waals surface area contributed by atoms with Crippen LogP contribution in [-0.4, -0.2) is 17.4 Å². The molecular formula is H3AlGdTbY. The molecule has 0 amide bonds. The molecule has 0 unspecified atom stereocenters. The summed E-state index contributed by atoms with van der Waals surface area (Å²) >= 11 is 0. The van der Waals surface area contributed by atoms with Gasteiger partial charge in [0.15, 0.2) is 17.4 Å². The normalized spacial score (nSPS) is 0. The van der Waals surface area contributed by atoms with Crippen molar-refractivity contribution in [3.05, 3.63) is 0 Å². The molecule has 0 rings (SSSR count). The molecule has 0 aliphatic rings. The van der Waals surface area contributed by atoms with Gasteiger partial charge in [-0.05, 0) is 0 Å². The van der Waals surface area contributed by atoms with E-state index >= 15 is 0 Å². The predicted molar refractivity (Wildman–Crippen MR) is 9.94 cm³/mol. The van der Waals surface area contributed by atoms with E-state index in [2.05, 4.69) is 0 Å². The molecule has 0 N–H and O–H groups in total. The molecule has 0 saturated heterocycles. The van der Waals surface area contributed by atoms with Crippen molar-refractivity contribution in [3.63, 3.8) is 0 Å². The minimum Gasteiger partial charge on any atom is 0 e. The van der Waals surface area contributed by atoms with Crippen LogP contribution in [0, 0.1) is 78.6 Å². The molecule has 0 aromatic rings. The van der Waals surface area contributed by atoms with Gasteiger partial charge in [-0.15, -0.1) is 0 Å². The molecule has 26 valence electrons. The van der Waals surface area contributed by atoms with Gasteiger partial charge >= 0.3 is 0 Å². The topological polar surface area (TPSA) is 0 Å². The SMILES string of the molecule is [AlH3].[Gd].[Tb].[Y]. The van der Waals surface area contributed by atoms with Crippen molar-refractivity contribution in [1.29, 1.82) is 0 Å². The number of hydrogen-bond acceptors (Lipinski definition) is 0. The Kier molecular flexibility index (Phi) is 94.1. The Hall–Kier alpha value is 4.25. The van der Waals surface area contributed by atoms with Gasteiger partial charge in [-0.1, -0.05) is 0 Å². The van der Waals surface area contributed by atoms with E-state index in [4.69, 9.17) is 0 Å². The first-order chi connectivity index (χ1) is 0. The Morgan fingerprint density at radius 1 is 1.00 bits per heavy atom. The zero-order chi connectivity index (χ0) is 0. The third-order valence-electron chi connectivity index (χ3n) is 0. The molecule has 0 heterocycles. The Balaban J connectivity index is 0. The van der Waals surface area contributed by atoms with E-state index < -0.39 is 0 Å². The summed E-state index contributed by atoms with van der Waals surface area (Å²) in [7, 11) is 0. The van der Waals surface area contributed by atoms with Crippen LogP contribution in [0.3, 0.4) is 0 Å². The summed E-state index contributed by atoms with van der Waals surface area (Å²) in [6.07, 6.45) is 0. The molecule has 0 nitrogen and oxygen atoms in total. The molecule has 0 bridgehead atoms. The maximum atomic E-state index is 0. The van der Waals surface area contributed by atoms with Crippen LogP contribution in [0.4, 0.5) is 0 Å². The van der Waals surface area contributed by atoms with Gasteiger partial charge < -0.3 is 0 Å². The molecule has 0 aromatic carbocycles. The van der Waals surface area contributed by atoms with Crippen LogP contribution in [-0.2, 0) is 32.7 Å². The smallest absolute Gasteiger partial charge is 0 e. The average Bonchev–Trinajstić information content (AvgIpc) is 0. The van der Waals surface area contributed by atoms with Crippen molar-refractivity contribution >= 4 is 17.4 Å². The first kappa shape index (κ1) is 24.0. The summed E-state index contributed by atoms with van der Waals surface area (Å²) < 4.78 is 0. The molecule has 4 heavy (non-hydrogen) atoms. The van der Waals surface area contributed by atoms with E-state index in [0.29, 0.717) is 0 Å². The monoisotopic (exact) mass is 436 g/mol. The van der Waals surface area contributed by atoms with Crippen LogP contribution in [0.15, 0.2) is 0 Å². The fourth-order valence-electron chi connectivity index (χ4n) is 0. The third-order valence-corrected chi connectivity index (χ3v) is 0. The maximum Gasteiger partial charge on any atom is 0.187 e. The minimum atomic E-state index is 0. The van der Waals surface area contributed by atoms with Gasteiger partial charge in [-0.2, -0.15) is 0 Å². The zero-order valence-electron chi connectivity index (χ0n) is 1.26. The molecule has 4 heteroatoms. The summed E-state index contributed by atoms with van der Waals surface area (Å²) in [4.78, 5) is 0. The molecule has 0 spiro atoms. The first-order valence-electron chi connectivity index (χ1n) is 0. The van der Waals surface area contributed by atoms with E-state index in [9.17, 15) is 0 Å². The predicted octanol–water partition coefficient (Wildman–Crippen LogP) is -1.19. The molecule has 2 radical (unpaired) electrons. The standard InChI is InChI=1S/Al.Gd.Tb.Y.3H. The Morgan fingerprint density at radius 3 is 1.00 bits per heavy atom. The van der Waals surface area contributed by atoms with Gasteiger partial charge in [0.1, 0.15) is 0 Å². The van der Waals surface area contributed by atoms with Gasteiger partial charge in [0.25, 0.3) is 0 Å². The second kappa shape index (κ2) is 15.7. The van der Waals surface area contributed by atoms with E-state index in [1.165, 1.54) is 0 Å². The Morgan fingerprint density at radius 2 is 1.00 bits per heavy atom. The van der Waals surface area contributed by atoms with Crippen molar-refractivity contribution in [2.75, 3.05) is 0 Å². The summed E-state index contributed by atoms with van der Waals surface area (Å²) in [6.45, 7) is 0. The molecule has 0 fully saturated rings. The van der Waals surface area contributed by atoms with Crippen molar-refractivity contribution < 1.29 is 111 Å². The van der Waals surface area contributed by atoms with Gasteiger partial charge in [0.2, 0.25) is 0 Å². The summed E-state index contributed by atoms with van der Waals surface area (Å²) in [6, 6.07) is 0. The van der Waals surface area contributed by atoms with E-state index in [1.807, 2.05) is 0 Å². The van der Waals surface area contributed by atoms with Crippen LogP contribution in [0.25, 0.3) is 0 Å². The second-order valence-corrected chi connectivity index (χ2v) is 0. The van der Waals surface area contributed by atoms with Gasteiger partial charge in [0.05, 0.1) is 0 Å². The summed E-state index contributed by atoms with van der Waals surface area (Å²) in [5.41, 5.74) is 0. The average molecular weight is 435 g/mol. The van der Waals surface area contributed by atoms with Crippen LogP contribution in [0.2, 0.25) is 0 Å². The fraction of sp³-hybridized carbons (Fsp3) is 0. The molecule has 0 saturated carbocycles. The van der Waals surface area contributed by atoms with Crippen LogP contribution in [0.1, 0.15) is 0 Å². The summed E-state index contributed by atoms with van der Waals surface area (Å²) in [5.74, 6) is 0. The largest absolute Gasteiger partial charge is 0.187 e. The maximum absolute atomic E-state index is 0. The van der Waals surface area contributed by atoms with Gasteiger partial charge in [0, 0.05) is 111 Å². The second-order valence-electron chi connectivity index (χ2n) is 0. The quantitative estimate of drug-likeness (QED) is 0.421. The molecule has 0 aliphatic carbocycles. The van der Waals surface area contributed by atoms with Crippen molar-refractivity contribution in [2.45, 2.75) is 0 Å².